The summed E-state index contributed by atoms with van der Waals surface area (Å²) < 4.78 is 27.4. The molecular formula is C23H32FN3O4. The van der Waals surface area contributed by atoms with Crippen LogP contribution in [0.25, 0.3) is 10.9 Å². The molecule has 31 heavy (non-hydrogen) atoms. The number of anilines is 1. The summed E-state index contributed by atoms with van der Waals surface area (Å²) in [5.41, 5.74) is 0.683. The number of nitrogens with one attached hydrogen (secondary N) is 1. The van der Waals surface area contributed by atoms with Crippen molar-refractivity contribution in [3.05, 3.63) is 30.2 Å². The van der Waals surface area contributed by atoms with Gasteiger partial charge in [-0.25, -0.2) is 9.18 Å². The van der Waals surface area contributed by atoms with Crippen LogP contribution in [0.5, 0.6) is 0 Å². The molecule has 1 aliphatic heterocycles. The van der Waals surface area contributed by atoms with Crippen LogP contribution in [0.4, 0.5) is 14.9 Å². The first-order valence-electron chi connectivity index (χ1n) is 10.9. The standard InChI is InChI=1S/C23H32FN3O4/c1-5-30-20(28)8-12-25-18-6-7-19-17(21(18)24)11-15-27(19)16-9-13-26(14-10-16)22(29)31-23(2,3)4/h6-7,11,15-16,25H,5,8-10,12-14H2,1-4H3. The van der Waals surface area contributed by atoms with Crippen molar-refractivity contribution < 1.29 is 23.5 Å². The molecule has 1 fully saturated rings. The maximum atomic E-state index is 15.0. The minimum Gasteiger partial charge on any atom is -0.466 e. The Kier molecular flexibility index (Phi) is 7.08. The fourth-order valence-corrected chi connectivity index (χ4v) is 3.84. The molecule has 2 aromatic rings. The molecule has 1 aliphatic rings. The molecule has 0 spiro atoms. The number of amides is 1. The number of carbonyl (C=O) groups is 2. The first-order chi connectivity index (χ1) is 14.7. The number of fused-ring (bicyclic) bond motifs is 1. The van der Waals surface area contributed by atoms with Gasteiger partial charge in [0.1, 0.15) is 5.60 Å². The van der Waals surface area contributed by atoms with Crippen LogP contribution in [0.1, 0.15) is 53.0 Å². The highest BCUT2D eigenvalue weighted by Crippen LogP contribution is 2.31. The van der Waals surface area contributed by atoms with Gasteiger partial charge < -0.3 is 24.3 Å². The molecule has 1 N–H and O–H groups in total. The van der Waals surface area contributed by atoms with E-state index >= 15 is 0 Å². The van der Waals surface area contributed by atoms with Crippen LogP contribution < -0.4 is 5.32 Å². The SMILES string of the molecule is CCOC(=O)CCNc1ccc2c(ccn2C2CCN(C(=O)OC(C)(C)C)CC2)c1F. The summed E-state index contributed by atoms with van der Waals surface area (Å²) in [4.78, 5) is 25.5. The summed E-state index contributed by atoms with van der Waals surface area (Å²) in [6.07, 6.45) is 3.37. The number of halogens is 1. The molecule has 0 bridgehead atoms. The van der Waals surface area contributed by atoms with Crippen molar-refractivity contribution in [3.63, 3.8) is 0 Å². The monoisotopic (exact) mass is 433 g/mol. The normalized spacial score (nSPS) is 15.2. The number of rotatable bonds is 6. The van der Waals surface area contributed by atoms with Gasteiger partial charge in [0.2, 0.25) is 0 Å². The number of ether oxygens (including phenoxy) is 2. The van der Waals surface area contributed by atoms with Crippen molar-refractivity contribution in [1.82, 2.24) is 9.47 Å². The largest absolute Gasteiger partial charge is 0.466 e. The van der Waals surface area contributed by atoms with E-state index in [0.29, 0.717) is 37.3 Å². The Balaban J connectivity index is 1.63. The minimum absolute atomic E-state index is 0.183. The molecule has 1 aromatic heterocycles. The highest BCUT2D eigenvalue weighted by Gasteiger charge is 2.28. The predicted molar refractivity (Wildman–Crippen MR) is 118 cm³/mol. The lowest BCUT2D eigenvalue weighted by molar-refractivity contribution is -0.142. The fraction of sp³-hybridized carbons (Fsp3) is 0.565. The Morgan fingerprint density at radius 3 is 2.55 bits per heavy atom. The van der Waals surface area contributed by atoms with Crippen LogP contribution in [0, 0.1) is 5.82 Å². The lowest BCUT2D eigenvalue weighted by Gasteiger charge is -2.34. The second-order valence-corrected chi connectivity index (χ2v) is 8.76. The van der Waals surface area contributed by atoms with Gasteiger partial charge in [0.15, 0.2) is 5.82 Å². The van der Waals surface area contributed by atoms with Crippen LogP contribution in [0.3, 0.4) is 0 Å². The van der Waals surface area contributed by atoms with E-state index in [4.69, 9.17) is 9.47 Å². The highest BCUT2D eigenvalue weighted by atomic mass is 19.1. The number of carbonyl (C=O) groups excluding carboxylic acids is 2. The van der Waals surface area contributed by atoms with Crippen LogP contribution in [0.2, 0.25) is 0 Å². The zero-order valence-corrected chi connectivity index (χ0v) is 18.7. The predicted octanol–water partition coefficient (Wildman–Crippen LogP) is 4.72. The summed E-state index contributed by atoms with van der Waals surface area (Å²) >= 11 is 0. The molecule has 2 heterocycles. The number of likely N-dealkylation sites (tertiary alicyclic amines) is 1. The smallest absolute Gasteiger partial charge is 0.410 e. The lowest BCUT2D eigenvalue weighted by Crippen LogP contribution is -2.42. The Hall–Kier alpha value is -2.77. The number of piperidine rings is 1. The van der Waals surface area contributed by atoms with Gasteiger partial charge in [-0.3, -0.25) is 4.79 Å². The van der Waals surface area contributed by atoms with Crippen molar-refractivity contribution in [3.8, 4) is 0 Å². The molecular weight excluding hydrogens is 401 g/mol. The van der Waals surface area contributed by atoms with Gasteiger partial charge in [0.05, 0.1) is 24.2 Å². The Morgan fingerprint density at radius 2 is 1.90 bits per heavy atom. The molecule has 0 unspecified atom stereocenters. The number of hydrogen-bond donors (Lipinski definition) is 1. The van der Waals surface area contributed by atoms with E-state index < -0.39 is 5.60 Å². The van der Waals surface area contributed by atoms with Crippen molar-refractivity contribution in [2.75, 3.05) is 31.6 Å². The topological polar surface area (TPSA) is 72.8 Å². The van der Waals surface area contributed by atoms with Crippen molar-refractivity contribution >= 4 is 28.7 Å². The van der Waals surface area contributed by atoms with E-state index in [-0.39, 0.29) is 30.3 Å². The minimum atomic E-state index is -0.510. The van der Waals surface area contributed by atoms with E-state index in [0.717, 1.165) is 18.4 Å². The third-order valence-corrected chi connectivity index (χ3v) is 5.30. The quantitative estimate of drug-likeness (QED) is 0.668. The molecule has 8 heteroatoms. The Morgan fingerprint density at radius 1 is 1.19 bits per heavy atom. The molecule has 0 aliphatic carbocycles. The molecule has 170 valence electrons. The number of nitrogens with zero attached hydrogens (tertiary/aromatic N) is 2. The summed E-state index contributed by atoms with van der Waals surface area (Å²) in [5, 5.41) is 3.51. The van der Waals surface area contributed by atoms with Crippen LogP contribution in [-0.4, -0.2) is 53.4 Å². The molecule has 1 saturated heterocycles. The van der Waals surface area contributed by atoms with Gasteiger partial charge in [-0.1, -0.05) is 0 Å². The average Bonchev–Trinajstić information content (AvgIpc) is 3.14. The number of aromatic nitrogens is 1. The zero-order valence-electron chi connectivity index (χ0n) is 18.7. The first kappa shape index (κ1) is 22.9. The van der Waals surface area contributed by atoms with Crippen molar-refractivity contribution in [1.29, 1.82) is 0 Å². The highest BCUT2D eigenvalue weighted by molar-refractivity contribution is 5.85. The average molecular weight is 434 g/mol. The van der Waals surface area contributed by atoms with Crippen molar-refractivity contribution in [2.24, 2.45) is 0 Å². The van der Waals surface area contributed by atoms with Crippen LogP contribution in [-0.2, 0) is 14.3 Å². The Labute approximate surface area is 182 Å². The van der Waals surface area contributed by atoms with Crippen LogP contribution in [0.15, 0.2) is 24.4 Å². The number of esters is 1. The maximum absolute atomic E-state index is 15.0. The first-order valence-corrected chi connectivity index (χ1v) is 10.9. The third-order valence-electron chi connectivity index (χ3n) is 5.30. The van der Waals surface area contributed by atoms with E-state index in [1.54, 1.807) is 24.0 Å². The molecule has 0 atom stereocenters. The Bertz CT molecular complexity index is 927. The second-order valence-electron chi connectivity index (χ2n) is 8.76. The van der Waals surface area contributed by atoms with Gasteiger partial charge in [0.25, 0.3) is 0 Å². The van der Waals surface area contributed by atoms with Gasteiger partial charge in [-0.05, 0) is 58.7 Å². The van der Waals surface area contributed by atoms with E-state index in [9.17, 15) is 14.0 Å². The second kappa shape index (κ2) is 9.58. The van der Waals surface area contributed by atoms with Gasteiger partial charge in [-0.15, -0.1) is 0 Å². The molecule has 1 amide bonds. The van der Waals surface area contributed by atoms with E-state index in [2.05, 4.69) is 9.88 Å². The number of benzene rings is 1. The maximum Gasteiger partial charge on any atom is 0.410 e. The number of hydrogen-bond acceptors (Lipinski definition) is 5. The molecule has 3 rings (SSSR count). The molecule has 1 aromatic carbocycles. The van der Waals surface area contributed by atoms with Crippen LogP contribution >= 0.6 is 0 Å². The summed E-state index contributed by atoms with van der Waals surface area (Å²) in [6.45, 7) is 9.19. The molecule has 0 radical (unpaired) electrons. The molecule has 7 nitrogen and oxygen atoms in total. The molecule has 0 saturated carbocycles. The zero-order chi connectivity index (χ0) is 22.6. The van der Waals surface area contributed by atoms with E-state index in [1.165, 1.54) is 0 Å². The fourth-order valence-electron chi connectivity index (χ4n) is 3.84. The van der Waals surface area contributed by atoms with Gasteiger partial charge in [-0.2, -0.15) is 0 Å². The summed E-state index contributed by atoms with van der Waals surface area (Å²) in [7, 11) is 0. The van der Waals surface area contributed by atoms with E-state index in [1.807, 2.05) is 33.0 Å². The third kappa shape index (κ3) is 5.68. The van der Waals surface area contributed by atoms with Gasteiger partial charge >= 0.3 is 12.1 Å². The summed E-state index contributed by atoms with van der Waals surface area (Å²) in [6, 6.07) is 5.57. The van der Waals surface area contributed by atoms with Gasteiger partial charge in [0, 0.05) is 37.3 Å². The van der Waals surface area contributed by atoms with Crippen molar-refractivity contribution in [2.45, 2.75) is 58.6 Å². The summed E-state index contributed by atoms with van der Waals surface area (Å²) in [5.74, 6) is -0.633. The lowest BCUT2D eigenvalue weighted by atomic mass is 10.0.